The minimum absolute atomic E-state index is 0.664. The van der Waals surface area contributed by atoms with E-state index in [1.807, 2.05) is 0 Å². The summed E-state index contributed by atoms with van der Waals surface area (Å²) >= 11 is 0. The van der Waals surface area contributed by atoms with Gasteiger partial charge < -0.3 is 14.4 Å². The number of benzene rings is 1. The van der Waals surface area contributed by atoms with Crippen LogP contribution in [-0.4, -0.2) is 39.3 Å². The van der Waals surface area contributed by atoms with Crippen LogP contribution in [0.1, 0.15) is 41.9 Å². The summed E-state index contributed by atoms with van der Waals surface area (Å²) in [5.74, 6) is 2.54. The molecular formula is C17H25NO2. The van der Waals surface area contributed by atoms with Crippen molar-refractivity contribution in [2.75, 3.05) is 28.3 Å². The molecule has 20 heavy (non-hydrogen) atoms. The first-order valence-corrected chi connectivity index (χ1v) is 7.60. The first-order chi connectivity index (χ1) is 9.67. The van der Waals surface area contributed by atoms with Gasteiger partial charge in [0.05, 0.1) is 14.2 Å². The van der Waals surface area contributed by atoms with Gasteiger partial charge >= 0.3 is 0 Å². The monoisotopic (exact) mass is 275 g/mol. The zero-order valence-electron chi connectivity index (χ0n) is 13.0. The molecule has 2 atom stereocenters. The Kier molecular flexibility index (Phi) is 3.63. The second kappa shape index (κ2) is 5.28. The van der Waals surface area contributed by atoms with E-state index in [0.717, 1.165) is 17.9 Å². The molecule has 0 amide bonds. The van der Waals surface area contributed by atoms with E-state index in [1.54, 1.807) is 19.8 Å². The maximum atomic E-state index is 5.66. The summed E-state index contributed by atoms with van der Waals surface area (Å²) < 4.78 is 11.2. The largest absolute Gasteiger partial charge is 0.493 e. The lowest BCUT2D eigenvalue weighted by Crippen LogP contribution is -2.39. The molecule has 0 bridgehead atoms. The molecule has 2 aliphatic carbocycles. The van der Waals surface area contributed by atoms with E-state index in [4.69, 9.17) is 9.47 Å². The van der Waals surface area contributed by atoms with Gasteiger partial charge in [0.2, 0.25) is 0 Å². The lowest BCUT2D eigenvalue weighted by molar-refractivity contribution is 0.212. The van der Waals surface area contributed by atoms with Crippen LogP contribution in [0.5, 0.6) is 11.5 Å². The zero-order chi connectivity index (χ0) is 14.3. The Hall–Kier alpha value is -1.22. The molecule has 3 rings (SSSR count). The van der Waals surface area contributed by atoms with Crippen LogP contribution in [0.4, 0.5) is 0 Å². The zero-order valence-corrected chi connectivity index (χ0v) is 13.0. The molecule has 3 heteroatoms. The number of rotatable bonds is 3. The summed E-state index contributed by atoms with van der Waals surface area (Å²) in [6.07, 6.45) is 6.09. The summed E-state index contributed by atoms with van der Waals surface area (Å²) in [6, 6.07) is 2.88. The second-order valence-corrected chi connectivity index (χ2v) is 6.23. The summed E-state index contributed by atoms with van der Waals surface area (Å²) in [5.41, 5.74) is 4.46. The molecule has 0 aliphatic heterocycles. The van der Waals surface area contributed by atoms with E-state index in [-0.39, 0.29) is 0 Å². The molecule has 3 nitrogen and oxygen atoms in total. The van der Waals surface area contributed by atoms with Crippen molar-refractivity contribution < 1.29 is 9.47 Å². The third kappa shape index (κ3) is 1.99. The van der Waals surface area contributed by atoms with E-state index in [9.17, 15) is 0 Å². The van der Waals surface area contributed by atoms with Gasteiger partial charge in [-0.2, -0.15) is 0 Å². The number of hydrogen-bond acceptors (Lipinski definition) is 3. The molecule has 0 spiro atoms. The molecule has 110 valence electrons. The minimum Gasteiger partial charge on any atom is -0.493 e. The number of methoxy groups -OCH3 is 2. The molecule has 0 radical (unpaired) electrons. The standard InChI is InChI=1S/C17H25NO2/c1-18(2)14-9-8-13-16-11(6-5-7-12(14)16)10-15(19-3)17(13)20-4/h10,12,14H,5-9H2,1-4H3. The van der Waals surface area contributed by atoms with Crippen LogP contribution in [0.25, 0.3) is 0 Å². The third-order valence-electron chi connectivity index (χ3n) is 5.05. The molecule has 0 aromatic heterocycles. The highest BCUT2D eigenvalue weighted by Gasteiger charge is 2.37. The highest BCUT2D eigenvalue weighted by Crippen LogP contribution is 2.48. The van der Waals surface area contributed by atoms with Crippen molar-refractivity contribution >= 4 is 0 Å². The average molecular weight is 275 g/mol. The first kappa shape index (κ1) is 13.7. The summed E-state index contributed by atoms with van der Waals surface area (Å²) in [7, 11) is 7.93. The van der Waals surface area contributed by atoms with E-state index < -0.39 is 0 Å². The fourth-order valence-electron chi connectivity index (χ4n) is 4.21. The van der Waals surface area contributed by atoms with Crippen LogP contribution in [0, 0.1) is 0 Å². The summed E-state index contributed by atoms with van der Waals surface area (Å²) in [5, 5.41) is 0. The molecule has 0 saturated heterocycles. The van der Waals surface area contributed by atoms with Gasteiger partial charge in [-0.15, -0.1) is 0 Å². The molecule has 0 N–H and O–H groups in total. The molecule has 1 aromatic rings. The lowest BCUT2D eigenvalue weighted by Gasteiger charge is -2.42. The van der Waals surface area contributed by atoms with Crippen molar-refractivity contribution in [2.45, 2.75) is 44.1 Å². The fraction of sp³-hybridized carbons (Fsp3) is 0.647. The Labute approximate surface area is 121 Å². The third-order valence-corrected chi connectivity index (χ3v) is 5.05. The Morgan fingerprint density at radius 3 is 2.55 bits per heavy atom. The molecule has 0 heterocycles. The van der Waals surface area contributed by atoms with Crippen molar-refractivity contribution in [3.8, 4) is 11.5 Å². The van der Waals surface area contributed by atoms with Crippen LogP contribution >= 0.6 is 0 Å². The van der Waals surface area contributed by atoms with Gasteiger partial charge in [0, 0.05) is 17.5 Å². The van der Waals surface area contributed by atoms with E-state index in [2.05, 4.69) is 25.1 Å². The van der Waals surface area contributed by atoms with E-state index in [1.165, 1.54) is 36.8 Å². The van der Waals surface area contributed by atoms with Crippen LogP contribution in [-0.2, 0) is 12.8 Å². The molecule has 0 saturated carbocycles. The van der Waals surface area contributed by atoms with E-state index in [0.29, 0.717) is 12.0 Å². The topological polar surface area (TPSA) is 21.7 Å². The number of ether oxygens (including phenoxy) is 2. The van der Waals surface area contributed by atoms with Gasteiger partial charge in [0.25, 0.3) is 0 Å². The van der Waals surface area contributed by atoms with Crippen molar-refractivity contribution in [1.82, 2.24) is 4.90 Å². The Balaban J connectivity index is 2.16. The highest BCUT2D eigenvalue weighted by molar-refractivity contribution is 5.58. The molecule has 0 fully saturated rings. The average Bonchev–Trinajstić information content (AvgIpc) is 2.47. The predicted molar refractivity (Wildman–Crippen MR) is 81.0 cm³/mol. The van der Waals surface area contributed by atoms with Gasteiger partial charge in [-0.1, -0.05) is 0 Å². The minimum atomic E-state index is 0.664. The molecule has 2 aliphatic rings. The maximum Gasteiger partial charge on any atom is 0.164 e. The first-order valence-electron chi connectivity index (χ1n) is 7.60. The predicted octanol–water partition coefficient (Wildman–Crippen LogP) is 3.00. The molecule has 1 aromatic carbocycles. The van der Waals surface area contributed by atoms with Gasteiger partial charge in [0.15, 0.2) is 11.5 Å². The van der Waals surface area contributed by atoms with Gasteiger partial charge in [-0.05, 0) is 63.4 Å². The van der Waals surface area contributed by atoms with Crippen molar-refractivity contribution in [1.29, 1.82) is 0 Å². The van der Waals surface area contributed by atoms with Crippen molar-refractivity contribution in [3.05, 3.63) is 22.8 Å². The quantitative estimate of drug-likeness (QED) is 0.846. The lowest BCUT2D eigenvalue weighted by atomic mass is 9.70. The van der Waals surface area contributed by atoms with E-state index >= 15 is 0 Å². The Morgan fingerprint density at radius 1 is 1.10 bits per heavy atom. The van der Waals surface area contributed by atoms with Gasteiger partial charge in [-0.25, -0.2) is 0 Å². The SMILES string of the molecule is COc1cc2c3c(c1OC)CCC(N(C)C)C3CCC2. The number of nitrogens with zero attached hydrogens (tertiary/aromatic N) is 1. The van der Waals surface area contributed by atoms with Crippen molar-refractivity contribution in [3.63, 3.8) is 0 Å². The smallest absolute Gasteiger partial charge is 0.164 e. The highest BCUT2D eigenvalue weighted by atomic mass is 16.5. The summed E-state index contributed by atoms with van der Waals surface area (Å²) in [4.78, 5) is 2.40. The maximum absolute atomic E-state index is 5.66. The van der Waals surface area contributed by atoms with Gasteiger partial charge in [-0.3, -0.25) is 0 Å². The van der Waals surface area contributed by atoms with Crippen LogP contribution < -0.4 is 9.47 Å². The Morgan fingerprint density at radius 2 is 1.90 bits per heavy atom. The summed E-state index contributed by atoms with van der Waals surface area (Å²) in [6.45, 7) is 0. The molecular weight excluding hydrogens is 250 g/mol. The Bertz CT molecular complexity index is 510. The number of likely N-dealkylation sites (N-methyl/N-ethyl adjacent to an activating group) is 1. The second-order valence-electron chi connectivity index (χ2n) is 6.23. The molecule has 2 unspecified atom stereocenters. The normalized spacial score (nSPS) is 24.4. The number of aryl methyl sites for hydroxylation is 1. The van der Waals surface area contributed by atoms with Crippen molar-refractivity contribution in [2.24, 2.45) is 0 Å². The van der Waals surface area contributed by atoms with Crippen LogP contribution in [0.3, 0.4) is 0 Å². The van der Waals surface area contributed by atoms with Gasteiger partial charge in [0.1, 0.15) is 0 Å². The van der Waals surface area contributed by atoms with Crippen LogP contribution in [0.2, 0.25) is 0 Å². The fourth-order valence-corrected chi connectivity index (χ4v) is 4.21. The number of hydrogen-bond donors (Lipinski definition) is 0. The van der Waals surface area contributed by atoms with Crippen LogP contribution in [0.15, 0.2) is 6.07 Å².